The SMILES string of the molecule is NC(=O)c1c[nH]n2ccnc12. The van der Waals surface area contributed by atoms with Gasteiger partial charge in [-0.25, -0.2) is 9.50 Å². The van der Waals surface area contributed by atoms with Crippen LogP contribution in [0.5, 0.6) is 0 Å². The van der Waals surface area contributed by atoms with E-state index in [1.54, 1.807) is 16.9 Å². The molecule has 0 saturated carbocycles. The number of nitrogens with two attached hydrogens (primary N) is 1. The Morgan fingerprint density at radius 2 is 2.55 bits per heavy atom. The number of fused-ring (bicyclic) bond motifs is 1. The van der Waals surface area contributed by atoms with Gasteiger partial charge in [0.15, 0.2) is 5.65 Å². The van der Waals surface area contributed by atoms with E-state index in [1.165, 1.54) is 6.20 Å². The molecular weight excluding hydrogens is 144 g/mol. The van der Waals surface area contributed by atoms with Crippen LogP contribution in [0, 0.1) is 0 Å². The van der Waals surface area contributed by atoms with Gasteiger partial charge in [0.25, 0.3) is 5.91 Å². The molecule has 0 spiro atoms. The molecule has 56 valence electrons. The highest BCUT2D eigenvalue weighted by atomic mass is 16.1. The minimum absolute atomic E-state index is 0.412. The molecule has 0 aromatic carbocycles. The van der Waals surface area contributed by atoms with Gasteiger partial charge in [-0.15, -0.1) is 0 Å². The summed E-state index contributed by atoms with van der Waals surface area (Å²) in [6.07, 6.45) is 4.84. The standard InChI is InChI=1S/C6H6N4O/c7-5(11)4-3-9-10-2-1-8-6(4)10/h1-3,9H,(H2,7,11). The van der Waals surface area contributed by atoms with Crippen molar-refractivity contribution in [2.45, 2.75) is 0 Å². The van der Waals surface area contributed by atoms with Crippen LogP contribution in [0.1, 0.15) is 10.4 Å². The summed E-state index contributed by atoms with van der Waals surface area (Å²) in [6.45, 7) is 0. The molecule has 5 heteroatoms. The second-order valence-electron chi connectivity index (χ2n) is 2.17. The highest BCUT2D eigenvalue weighted by Gasteiger charge is 2.08. The maximum atomic E-state index is 10.7. The van der Waals surface area contributed by atoms with Gasteiger partial charge in [-0.05, 0) is 0 Å². The zero-order valence-electron chi connectivity index (χ0n) is 5.61. The van der Waals surface area contributed by atoms with E-state index in [0.29, 0.717) is 11.2 Å². The lowest BCUT2D eigenvalue weighted by atomic mass is 10.3. The van der Waals surface area contributed by atoms with E-state index in [9.17, 15) is 4.79 Å². The number of imidazole rings is 1. The van der Waals surface area contributed by atoms with Gasteiger partial charge in [-0.2, -0.15) is 0 Å². The molecule has 5 nitrogen and oxygen atoms in total. The van der Waals surface area contributed by atoms with Gasteiger partial charge in [-0.3, -0.25) is 9.89 Å². The molecule has 0 aliphatic heterocycles. The topological polar surface area (TPSA) is 76.2 Å². The maximum absolute atomic E-state index is 10.7. The predicted octanol–water partition coefficient (Wildman–Crippen LogP) is -0.239. The summed E-state index contributed by atoms with van der Waals surface area (Å²) < 4.78 is 1.63. The molecule has 0 radical (unpaired) electrons. The smallest absolute Gasteiger partial charge is 0.254 e. The van der Waals surface area contributed by atoms with E-state index in [-0.39, 0.29) is 0 Å². The molecule has 0 aliphatic rings. The molecule has 0 bridgehead atoms. The average molecular weight is 150 g/mol. The van der Waals surface area contributed by atoms with Gasteiger partial charge >= 0.3 is 0 Å². The van der Waals surface area contributed by atoms with Crippen LogP contribution in [-0.4, -0.2) is 20.5 Å². The molecular formula is C6H6N4O. The van der Waals surface area contributed by atoms with Crippen LogP contribution in [0.3, 0.4) is 0 Å². The van der Waals surface area contributed by atoms with Gasteiger partial charge in [0.05, 0.1) is 0 Å². The lowest BCUT2D eigenvalue weighted by Gasteiger charge is -1.83. The highest BCUT2D eigenvalue weighted by molar-refractivity contribution is 5.98. The normalized spacial score (nSPS) is 10.5. The Bertz CT molecular complexity index is 399. The first-order valence-corrected chi connectivity index (χ1v) is 3.09. The minimum Gasteiger partial charge on any atom is -0.365 e. The number of carbonyl (C=O) groups is 1. The van der Waals surface area contributed by atoms with E-state index in [0.717, 1.165) is 0 Å². The van der Waals surface area contributed by atoms with Crippen LogP contribution in [0.15, 0.2) is 18.6 Å². The molecule has 0 atom stereocenters. The number of rotatable bonds is 1. The third-order valence-corrected chi connectivity index (χ3v) is 1.50. The van der Waals surface area contributed by atoms with E-state index >= 15 is 0 Å². The van der Waals surface area contributed by atoms with E-state index in [1.807, 2.05) is 0 Å². The van der Waals surface area contributed by atoms with Crippen LogP contribution in [-0.2, 0) is 0 Å². The second kappa shape index (κ2) is 1.85. The van der Waals surface area contributed by atoms with Crippen LogP contribution >= 0.6 is 0 Å². The van der Waals surface area contributed by atoms with E-state index in [4.69, 9.17) is 5.73 Å². The van der Waals surface area contributed by atoms with Crippen molar-refractivity contribution in [3.63, 3.8) is 0 Å². The molecule has 1 amide bonds. The Kier molecular flexibility index (Phi) is 1.00. The summed E-state index contributed by atoms with van der Waals surface area (Å²) >= 11 is 0. The number of H-pyrrole nitrogens is 1. The number of primary amides is 1. The largest absolute Gasteiger partial charge is 0.365 e. The first-order chi connectivity index (χ1) is 5.29. The molecule has 2 aromatic rings. The summed E-state index contributed by atoms with van der Waals surface area (Å²) in [5.41, 5.74) is 6.05. The lowest BCUT2D eigenvalue weighted by molar-refractivity contribution is 0.100. The second-order valence-corrected chi connectivity index (χ2v) is 2.17. The first-order valence-electron chi connectivity index (χ1n) is 3.09. The average Bonchev–Trinajstić information content (AvgIpc) is 2.41. The number of aromatic amines is 1. The summed E-state index contributed by atoms with van der Waals surface area (Å²) in [6, 6.07) is 0. The van der Waals surface area contributed by atoms with E-state index in [2.05, 4.69) is 10.1 Å². The van der Waals surface area contributed by atoms with Gasteiger partial charge in [-0.1, -0.05) is 0 Å². The van der Waals surface area contributed by atoms with Gasteiger partial charge in [0.2, 0.25) is 0 Å². The first kappa shape index (κ1) is 5.96. The predicted molar refractivity (Wildman–Crippen MR) is 38.1 cm³/mol. The molecule has 2 heterocycles. The number of hydrogen-bond donors (Lipinski definition) is 2. The molecule has 3 N–H and O–H groups in total. The Balaban J connectivity index is 2.78. The fraction of sp³-hybridized carbons (Fsp3) is 0. The van der Waals surface area contributed by atoms with E-state index < -0.39 is 5.91 Å². The zero-order chi connectivity index (χ0) is 7.84. The number of nitrogens with one attached hydrogen (secondary N) is 1. The lowest BCUT2D eigenvalue weighted by Crippen LogP contribution is -2.10. The van der Waals surface area contributed by atoms with Gasteiger partial charge in [0.1, 0.15) is 5.56 Å². The maximum Gasteiger partial charge on any atom is 0.254 e. The summed E-state index contributed by atoms with van der Waals surface area (Å²) in [7, 11) is 0. The molecule has 0 fully saturated rings. The van der Waals surface area contributed by atoms with Crippen LogP contribution < -0.4 is 5.73 Å². The van der Waals surface area contributed by atoms with Crippen LogP contribution in [0.4, 0.5) is 0 Å². The fourth-order valence-corrected chi connectivity index (χ4v) is 0.987. The van der Waals surface area contributed by atoms with Crippen molar-refractivity contribution >= 4 is 11.6 Å². The Morgan fingerprint density at radius 3 is 3.27 bits per heavy atom. The van der Waals surface area contributed by atoms with Crippen molar-refractivity contribution in [2.24, 2.45) is 5.73 Å². The number of amides is 1. The highest BCUT2D eigenvalue weighted by Crippen LogP contribution is 2.05. The molecule has 11 heavy (non-hydrogen) atoms. The number of hydrogen-bond acceptors (Lipinski definition) is 2. The minimum atomic E-state index is -0.470. The molecule has 2 rings (SSSR count). The Labute approximate surface area is 61.8 Å². The molecule has 0 saturated heterocycles. The van der Waals surface area contributed by atoms with Crippen molar-refractivity contribution in [3.8, 4) is 0 Å². The number of nitrogens with zero attached hydrogens (tertiary/aromatic N) is 2. The van der Waals surface area contributed by atoms with Crippen molar-refractivity contribution < 1.29 is 4.79 Å². The number of aromatic nitrogens is 3. The van der Waals surface area contributed by atoms with Crippen molar-refractivity contribution in [3.05, 3.63) is 24.2 Å². The fourth-order valence-electron chi connectivity index (χ4n) is 0.987. The molecule has 2 aromatic heterocycles. The summed E-state index contributed by atoms with van der Waals surface area (Å²) in [4.78, 5) is 14.7. The van der Waals surface area contributed by atoms with Gasteiger partial charge in [0, 0.05) is 18.6 Å². The van der Waals surface area contributed by atoms with Gasteiger partial charge < -0.3 is 5.73 Å². The van der Waals surface area contributed by atoms with Crippen molar-refractivity contribution in [2.75, 3.05) is 0 Å². The third kappa shape index (κ3) is 0.706. The zero-order valence-corrected chi connectivity index (χ0v) is 5.61. The number of carbonyl (C=O) groups excluding carboxylic acids is 1. The summed E-state index contributed by atoms with van der Waals surface area (Å²) in [5, 5.41) is 2.80. The Hall–Kier alpha value is -1.78. The monoisotopic (exact) mass is 150 g/mol. The van der Waals surface area contributed by atoms with Crippen LogP contribution in [0.2, 0.25) is 0 Å². The Morgan fingerprint density at radius 1 is 1.73 bits per heavy atom. The summed E-state index contributed by atoms with van der Waals surface area (Å²) in [5.74, 6) is -0.470. The van der Waals surface area contributed by atoms with Crippen molar-refractivity contribution in [1.29, 1.82) is 0 Å². The third-order valence-electron chi connectivity index (χ3n) is 1.50. The van der Waals surface area contributed by atoms with Crippen molar-refractivity contribution in [1.82, 2.24) is 14.6 Å². The molecule has 0 unspecified atom stereocenters. The quantitative estimate of drug-likeness (QED) is 0.588. The van der Waals surface area contributed by atoms with Crippen LogP contribution in [0.25, 0.3) is 5.65 Å². The molecule has 0 aliphatic carbocycles.